The van der Waals surface area contributed by atoms with Crippen molar-refractivity contribution in [1.82, 2.24) is 9.59 Å². The van der Waals surface area contributed by atoms with Crippen molar-refractivity contribution < 1.29 is 24.2 Å². The molecule has 0 spiro atoms. The molecule has 10 heteroatoms. The third-order valence-electron chi connectivity index (χ3n) is 4.61. The summed E-state index contributed by atoms with van der Waals surface area (Å²) in [5.74, 6) is -0.940. The number of nitrogens with zero attached hydrogens (tertiary/aromatic N) is 3. The Bertz CT molecular complexity index is 1440. The first-order valence-electron chi connectivity index (χ1n) is 8.60. The average molecular weight is 437 g/mol. The number of phenols is 1. The molecule has 30 heavy (non-hydrogen) atoms. The van der Waals surface area contributed by atoms with Crippen molar-refractivity contribution >= 4 is 67.1 Å². The van der Waals surface area contributed by atoms with Gasteiger partial charge < -0.3 is 14.6 Å². The maximum absolute atomic E-state index is 12.1. The number of carbonyl (C=O) groups excluding carboxylic acids is 1. The average Bonchev–Trinajstić information content (AvgIpc) is 3.46. The minimum absolute atomic E-state index is 0.0351. The van der Waals surface area contributed by atoms with E-state index in [1.165, 1.54) is 22.5 Å². The molecular weight excluding hydrogens is 426 g/mol. The van der Waals surface area contributed by atoms with E-state index in [1.54, 1.807) is 41.8 Å². The normalized spacial score (nSPS) is 11.2. The van der Waals surface area contributed by atoms with Gasteiger partial charge in [0, 0.05) is 16.3 Å². The summed E-state index contributed by atoms with van der Waals surface area (Å²) in [5, 5.41) is 26.4. The predicted molar refractivity (Wildman–Crippen MR) is 114 cm³/mol. The number of aromatic hydroxyl groups is 1. The highest BCUT2D eigenvalue weighted by Crippen LogP contribution is 2.43. The molecule has 0 aliphatic heterocycles. The third-order valence-corrected chi connectivity index (χ3v) is 6.27. The van der Waals surface area contributed by atoms with Crippen LogP contribution in [0.3, 0.4) is 0 Å². The first-order chi connectivity index (χ1) is 14.6. The Morgan fingerprint density at radius 1 is 1.20 bits per heavy atom. The van der Waals surface area contributed by atoms with E-state index in [1.807, 2.05) is 0 Å². The number of hydrogen-bond acceptors (Lipinski definition) is 8. The van der Waals surface area contributed by atoms with Crippen molar-refractivity contribution in [2.24, 2.45) is 0 Å². The lowest BCUT2D eigenvalue weighted by atomic mass is 10.1. The van der Waals surface area contributed by atoms with Gasteiger partial charge in [0.2, 0.25) is 6.41 Å². The summed E-state index contributed by atoms with van der Waals surface area (Å²) < 4.78 is 10.4. The molecule has 0 fully saturated rings. The van der Waals surface area contributed by atoms with Gasteiger partial charge in [-0.1, -0.05) is 16.6 Å². The van der Waals surface area contributed by atoms with Crippen LogP contribution in [0, 0.1) is 0 Å². The molecule has 148 valence electrons. The molecule has 1 amide bonds. The van der Waals surface area contributed by atoms with Gasteiger partial charge in [-0.2, -0.15) is 0 Å². The number of carbonyl (C=O) groups is 2. The smallest absolute Gasteiger partial charge is 0.339 e. The maximum Gasteiger partial charge on any atom is 0.339 e. The summed E-state index contributed by atoms with van der Waals surface area (Å²) >= 11 is 2.30. The van der Waals surface area contributed by atoms with Crippen LogP contribution in [-0.2, 0) is 4.79 Å². The largest absolute Gasteiger partial charge is 0.504 e. The lowest BCUT2D eigenvalue weighted by Crippen LogP contribution is -2.16. The number of hydrogen-bond donors (Lipinski definition) is 2. The highest BCUT2D eigenvalue weighted by Gasteiger charge is 2.26. The molecule has 5 aromatic rings. The molecule has 2 aromatic carbocycles. The standard InChI is InChI=1S/C20H11N3O5S2/c24-9-23(11-4-5-13-16(7-11)30-22-21-13)19-17(20(26)27)12(8-29-19)15-6-10-2-1-3-14(25)18(10)28-15/h1-9,25H,(H,26,27). The van der Waals surface area contributed by atoms with E-state index in [0.29, 0.717) is 34.3 Å². The molecule has 0 bridgehead atoms. The number of para-hydroxylation sites is 1. The van der Waals surface area contributed by atoms with E-state index < -0.39 is 5.97 Å². The Morgan fingerprint density at radius 3 is 2.83 bits per heavy atom. The number of aromatic carboxylic acids is 1. The van der Waals surface area contributed by atoms with E-state index in [9.17, 15) is 19.8 Å². The second-order valence-corrected chi connectivity index (χ2v) is 7.99. The fraction of sp³-hybridized carbons (Fsp3) is 0. The van der Waals surface area contributed by atoms with Gasteiger partial charge in [0.25, 0.3) is 0 Å². The fourth-order valence-corrected chi connectivity index (χ4v) is 4.87. The second-order valence-electron chi connectivity index (χ2n) is 6.34. The molecule has 3 aromatic heterocycles. The molecule has 0 atom stereocenters. The lowest BCUT2D eigenvalue weighted by molar-refractivity contribution is -0.106. The maximum atomic E-state index is 12.1. The van der Waals surface area contributed by atoms with Crippen molar-refractivity contribution in [1.29, 1.82) is 0 Å². The number of rotatable bonds is 5. The number of anilines is 2. The summed E-state index contributed by atoms with van der Waals surface area (Å²) in [6.45, 7) is 0. The van der Waals surface area contributed by atoms with Crippen molar-refractivity contribution in [3.8, 4) is 17.1 Å². The van der Waals surface area contributed by atoms with E-state index in [0.717, 1.165) is 16.0 Å². The van der Waals surface area contributed by atoms with Gasteiger partial charge in [-0.15, -0.1) is 16.4 Å². The first kappa shape index (κ1) is 18.3. The monoisotopic (exact) mass is 437 g/mol. The van der Waals surface area contributed by atoms with Gasteiger partial charge in [0.15, 0.2) is 11.3 Å². The number of carboxylic acids is 1. The summed E-state index contributed by atoms with van der Waals surface area (Å²) in [5.41, 5.74) is 1.73. The number of amides is 1. The number of thiophene rings is 1. The Kier molecular flexibility index (Phi) is 4.23. The Morgan fingerprint density at radius 2 is 2.07 bits per heavy atom. The molecule has 2 N–H and O–H groups in total. The molecule has 8 nitrogen and oxygen atoms in total. The van der Waals surface area contributed by atoms with Crippen LogP contribution in [-0.4, -0.2) is 32.2 Å². The zero-order valence-corrected chi connectivity index (χ0v) is 16.6. The first-order valence-corrected chi connectivity index (χ1v) is 10.3. The molecule has 0 aliphatic carbocycles. The molecular formula is C20H11N3O5S2. The number of carboxylic acid groups (broad SMARTS) is 1. The summed E-state index contributed by atoms with van der Waals surface area (Å²) in [6.07, 6.45) is 0.572. The van der Waals surface area contributed by atoms with E-state index in [2.05, 4.69) is 9.59 Å². The van der Waals surface area contributed by atoms with Crippen LogP contribution in [0.2, 0.25) is 0 Å². The molecule has 0 saturated heterocycles. The van der Waals surface area contributed by atoms with Crippen LogP contribution in [0.4, 0.5) is 10.7 Å². The molecule has 0 aliphatic rings. The van der Waals surface area contributed by atoms with Crippen LogP contribution in [0.15, 0.2) is 52.3 Å². The summed E-state index contributed by atoms with van der Waals surface area (Å²) in [7, 11) is 0. The quantitative estimate of drug-likeness (QED) is 0.377. The van der Waals surface area contributed by atoms with Crippen molar-refractivity contribution in [2.45, 2.75) is 0 Å². The summed E-state index contributed by atoms with van der Waals surface area (Å²) in [6, 6.07) is 11.7. The molecule has 0 radical (unpaired) electrons. The predicted octanol–water partition coefficient (Wildman–Crippen LogP) is 4.86. The Labute approximate surface area is 176 Å². The van der Waals surface area contributed by atoms with Gasteiger partial charge in [-0.05, 0) is 41.9 Å². The van der Waals surface area contributed by atoms with Gasteiger partial charge >= 0.3 is 5.97 Å². The topological polar surface area (TPSA) is 117 Å². The molecule has 0 unspecified atom stereocenters. The van der Waals surface area contributed by atoms with Crippen molar-refractivity contribution in [3.05, 3.63) is 53.4 Å². The SMILES string of the molecule is O=CN(c1ccc2nnsc2c1)c1scc(-c2cc3cccc(O)c3o2)c1C(=O)O. The number of fused-ring (bicyclic) bond motifs is 2. The number of aromatic nitrogens is 2. The van der Waals surface area contributed by atoms with Crippen molar-refractivity contribution in [2.75, 3.05) is 4.90 Å². The van der Waals surface area contributed by atoms with Crippen LogP contribution < -0.4 is 4.90 Å². The van der Waals surface area contributed by atoms with Crippen LogP contribution in [0.25, 0.3) is 32.5 Å². The highest BCUT2D eigenvalue weighted by atomic mass is 32.1. The number of furan rings is 1. The minimum Gasteiger partial charge on any atom is -0.504 e. The fourth-order valence-electron chi connectivity index (χ4n) is 3.24. The summed E-state index contributed by atoms with van der Waals surface area (Å²) in [4.78, 5) is 25.4. The number of benzene rings is 2. The highest BCUT2D eigenvalue weighted by molar-refractivity contribution is 7.15. The van der Waals surface area contributed by atoms with E-state index >= 15 is 0 Å². The Hall–Kier alpha value is -3.76. The van der Waals surface area contributed by atoms with Crippen molar-refractivity contribution in [3.63, 3.8) is 0 Å². The van der Waals surface area contributed by atoms with Gasteiger partial charge in [0.05, 0.1) is 10.4 Å². The molecule has 3 heterocycles. The second kappa shape index (κ2) is 6.94. The van der Waals surface area contributed by atoms with Gasteiger partial charge in [-0.25, -0.2) is 4.79 Å². The van der Waals surface area contributed by atoms with Crippen LogP contribution in [0.1, 0.15) is 10.4 Å². The minimum atomic E-state index is -1.20. The zero-order chi connectivity index (χ0) is 20.8. The van der Waals surface area contributed by atoms with Crippen LogP contribution in [0.5, 0.6) is 5.75 Å². The third kappa shape index (κ3) is 2.81. The number of phenolic OH excluding ortho intramolecular Hbond substituents is 1. The van der Waals surface area contributed by atoms with Crippen LogP contribution >= 0.6 is 22.9 Å². The zero-order valence-electron chi connectivity index (χ0n) is 15.0. The van der Waals surface area contributed by atoms with Gasteiger partial charge in [-0.3, -0.25) is 9.69 Å². The molecule has 5 rings (SSSR count). The van der Waals surface area contributed by atoms with E-state index in [4.69, 9.17) is 4.42 Å². The Balaban J connectivity index is 1.66. The van der Waals surface area contributed by atoms with E-state index in [-0.39, 0.29) is 21.9 Å². The lowest BCUT2D eigenvalue weighted by Gasteiger charge is -2.16. The van der Waals surface area contributed by atoms with Gasteiger partial charge in [0.1, 0.15) is 21.8 Å². The molecule has 0 saturated carbocycles.